The molecule has 0 rings (SSSR count). The van der Waals surface area contributed by atoms with Crippen molar-refractivity contribution in [3.05, 3.63) is 12.2 Å². The molecule has 0 aromatic carbocycles. The maximum atomic E-state index is 10.8. The normalized spacial score (nSPS) is 10.0. The summed E-state index contributed by atoms with van der Waals surface area (Å²) in [6, 6.07) is 0. The molecule has 0 amide bonds. The first-order valence-electron chi connectivity index (χ1n) is 6.51. The van der Waals surface area contributed by atoms with Crippen LogP contribution in [0.15, 0.2) is 12.2 Å². The number of esters is 1. The van der Waals surface area contributed by atoms with Crippen molar-refractivity contribution in [1.29, 1.82) is 0 Å². The molecule has 0 spiro atoms. The Hall–Kier alpha value is -1.23. The molecule has 0 unspecified atom stereocenters. The van der Waals surface area contributed by atoms with Gasteiger partial charge in [0.05, 0.1) is 13.5 Å². The maximum absolute atomic E-state index is 10.8. The van der Waals surface area contributed by atoms with Crippen LogP contribution in [0.3, 0.4) is 0 Å². The highest BCUT2D eigenvalue weighted by Gasteiger charge is 1.92. The fourth-order valence-electron chi connectivity index (χ4n) is 1.42. The Morgan fingerprint density at radius 2 is 1.88 bits per heavy atom. The van der Waals surface area contributed by atoms with Gasteiger partial charge in [-0.3, -0.25) is 4.79 Å². The second-order valence-electron chi connectivity index (χ2n) is 4.02. The van der Waals surface area contributed by atoms with E-state index in [0.29, 0.717) is 6.42 Å². The Labute approximate surface area is 105 Å². The quantitative estimate of drug-likeness (QED) is 0.363. The van der Waals surface area contributed by atoms with E-state index < -0.39 is 0 Å². The third-order valence-electron chi connectivity index (χ3n) is 2.47. The number of methoxy groups -OCH3 is 1. The first-order chi connectivity index (χ1) is 8.31. The topological polar surface area (TPSA) is 26.3 Å². The highest BCUT2D eigenvalue weighted by Crippen LogP contribution is 2.05. The summed E-state index contributed by atoms with van der Waals surface area (Å²) in [6.45, 7) is 2.23. The molecule has 0 fully saturated rings. The molecule has 0 bridgehead atoms. The van der Waals surface area contributed by atoms with Crippen molar-refractivity contribution in [3.8, 4) is 11.8 Å². The zero-order valence-electron chi connectivity index (χ0n) is 11.1. The summed E-state index contributed by atoms with van der Waals surface area (Å²) in [4.78, 5) is 10.8. The van der Waals surface area contributed by atoms with Crippen LogP contribution in [0, 0.1) is 11.8 Å². The SMILES string of the molecule is CCCCCCCCC#C/C=C\CC(=O)OC. The van der Waals surface area contributed by atoms with Crippen molar-refractivity contribution in [1.82, 2.24) is 0 Å². The van der Waals surface area contributed by atoms with E-state index in [1.54, 1.807) is 12.2 Å². The molecule has 0 radical (unpaired) electrons. The number of allylic oxidation sites excluding steroid dienone is 1. The molecule has 17 heavy (non-hydrogen) atoms. The molecule has 2 nitrogen and oxygen atoms in total. The van der Waals surface area contributed by atoms with Gasteiger partial charge in [-0.15, -0.1) is 0 Å². The minimum Gasteiger partial charge on any atom is -0.469 e. The van der Waals surface area contributed by atoms with Crippen LogP contribution in [-0.4, -0.2) is 13.1 Å². The Kier molecular flexibility index (Phi) is 11.9. The van der Waals surface area contributed by atoms with Crippen LogP contribution < -0.4 is 0 Å². The van der Waals surface area contributed by atoms with Gasteiger partial charge in [0.25, 0.3) is 0 Å². The van der Waals surface area contributed by atoms with E-state index in [0.717, 1.165) is 6.42 Å². The molecule has 0 aromatic rings. The molecule has 0 heterocycles. The molecule has 2 heteroatoms. The summed E-state index contributed by atoms with van der Waals surface area (Å²) in [7, 11) is 1.39. The number of hydrogen-bond donors (Lipinski definition) is 0. The van der Waals surface area contributed by atoms with Gasteiger partial charge in [0.1, 0.15) is 0 Å². The predicted octanol–water partition coefficient (Wildman–Crippen LogP) is 3.86. The van der Waals surface area contributed by atoms with Gasteiger partial charge in [-0.1, -0.05) is 56.9 Å². The largest absolute Gasteiger partial charge is 0.469 e. The average Bonchev–Trinajstić information content (AvgIpc) is 2.35. The molecule has 0 atom stereocenters. The van der Waals surface area contributed by atoms with Crippen LogP contribution in [0.2, 0.25) is 0 Å². The lowest BCUT2D eigenvalue weighted by Crippen LogP contribution is -1.96. The van der Waals surface area contributed by atoms with Gasteiger partial charge in [-0.25, -0.2) is 0 Å². The average molecular weight is 236 g/mol. The van der Waals surface area contributed by atoms with Gasteiger partial charge in [0.15, 0.2) is 0 Å². The Balaban J connectivity index is 3.34. The molecule has 0 aliphatic rings. The van der Waals surface area contributed by atoms with Crippen LogP contribution in [-0.2, 0) is 9.53 Å². The Morgan fingerprint density at radius 3 is 2.59 bits per heavy atom. The smallest absolute Gasteiger partial charge is 0.309 e. The molecule has 0 aromatic heterocycles. The fraction of sp³-hybridized carbons (Fsp3) is 0.667. The highest BCUT2D eigenvalue weighted by molar-refractivity contribution is 5.70. The summed E-state index contributed by atoms with van der Waals surface area (Å²) >= 11 is 0. The first-order valence-corrected chi connectivity index (χ1v) is 6.51. The zero-order chi connectivity index (χ0) is 12.8. The number of rotatable bonds is 8. The van der Waals surface area contributed by atoms with Crippen molar-refractivity contribution >= 4 is 5.97 Å². The molecule has 96 valence electrons. The van der Waals surface area contributed by atoms with Crippen molar-refractivity contribution in [2.24, 2.45) is 0 Å². The molecule has 0 saturated carbocycles. The van der Waals surface area contributed by atoms with E-state index in [2.05, 4.69) is 23.5 Å². The lowest BCUT2D eigenvalue weighted by molar-refractivity contribution is -0.139. The van der Waals surface area contributed by atoms with Gasteiger partial charge in [0, 0.05) is 6.42 Å². The van der Waals surface area contributed by atoms with Crippen molar-refractivity contribution in [3.63, 3.8) is 0 Å². The second-order valence-corrected chi connectivity index (χ2v) is 4.02. The van der Waals surface area contributed by atoms with E-state index in [-0.39, 0.29) is 5.97 Å². The van der Waals surface area contributed by atoms with E-state index in [1.165, 1.54) is 45.6 Å². The van der Waals surface area contributed by atoms with Gasteiger partial charge in [-0.05, 0) is 12.5 Å². The van der Waals surface area contributed by atoms with E-state index in [1.807, 2.05) is 0 Å². The van der Waals surface area contributed by atoms with Crippen LogP contribution >= 0.6 is 0 Å². The van der Waals surface area contributed by atoms with Gasteiger partial charge >= 0.3 is 5.97 Å². The highest BCUT2D eigenvalue weighted by atomic mass is 16.5. The van der Waals surface area contributed by atoms with Crippen molar-refractivity contribution < 1.29 is 9.53 Å². The summed E-state index contributed by atoms with van der Waals surface area (Å²) in [5.41, 5.74) is 0. The first kappa shape index (κ1) is 15.8. The van der Waals surface area contributed by atoms with E-state index >= 15 is 0 Å². The van der Waals surface area contributed by atoms with Crippen LogP contribution in [0.5, 0.6) is 0 Å². The molecule has 0 N–H and O–H groups in total. The molecular formula is C15H24O2. The van der Waals surface area contributed by atoms with Crippen molar-refractivity contribution in [2.45, 2.75) is 58.3 Å². The predicted molar refractivity (Wildman–Crippen MR) is 71.5 cm³/mol. The lowest BCUT2D eigenvalue weighted by Gasteiger charge is -1.96. The minimum atomic E-state index is -0.223. The van der Waals surface area contributed by atoms with E-state index in [9.17, 15) is 4.79 Å². The molecule has 0 saturated heterocycles. The third-order valence-corrected chi connectivity index (χ3v) is 2.47. The van der Waals surface area contributed by atoms with Gasteiger partial charge in [-0.2, -0.15) is 0 Å². The number of hydrogen-bond acceptors (Lipinski definition) is 2. The monoisotopic (exact) mass is 236 g/mol. The summed E-state index contributed by atoms with van der Waals surface area (Å²) in [5, 5.41) is 0. The molecular weight excluding hydrogens is 212 g/mol. The third kappa shape index (κ3) is 12.7. The van der Waals surface area contributed by atoms with Crippen molar-refractivity contribution in [2.75, 3.05) is 7.11 Å². The Morgan fingerprint density at radius 1 is 1.18 bits per heavy atom. The maximum Gasteiger partial charge on any atom is 0.309 e. The number of ether oxygens (including phenoxy) is 1. The number of unbranched alkanes of at least 4 members (excludes halogenated alkanes) is 6. The minimum absolute atomic E-state index is 0.223. The van der Waals surface area contributed by atoms with Gasteiger partial charge in [0.2, 0.25) is 0 Å². The molecule has 0 aliphatic carbocycles. The summed E-state index contributed by atoms with van der Waals surface area (Å²) < 4.78 is 4.50. The zero-order valence-corrected chi connectivity index (χ0v) is 11.1. The molecule has 0 aliphatic heterocycles. The summed E-state index contributed by atoms with van der Waals surface area (Å²) in [6.07, 6.45) is 12.5. The lowest BCUT2D eigenvalue weighted by atomic mass is 10.1. The van der Waals surface area contributed by atoms with Crippen LogP contribution in [0.25, 0.3) is 0 Å². The summed E-state index contributed by atoms with van der Waals surface area (Å²) in [5.74, 6) is 5.78. The Bertz CT molecular complexity index is 268. The standard InChI is InChI=1S/C15H24O2/c1-3-4-5-6-7-8-9-10-11-12-13-14-15(16)17-2/h12-13H,3-9,14H2,1-2H3/b13-12-. The fourth-order valence-corrected chi connectivity index (χ4v) is 1.42. The second kappa shape index (κ2) is 12.8. The van der Waals surface area contributed by atoms with Gasteiger partial charge < -0.3 is 4.74 Å². The number of carbonyl (C=O) groups excluding carboxylic acids is 1. The van der Waals surface area contributed by atoms with Crippen LogP contribution in [0.1, 0.15) is 58.3 Å². The van der Waals surface area contributed by atoms with E-state index in [4.69, 9.17) is 0 Å². The van der Waals surface area contributed by atoms with Crippen LogP contribution in [0.4, 0.5) is 0 Å². The number of carbonyl (C=O) groups is 1.